The zero-order valence-corrected chi connectivity index (χ0v) is 13.4. The van der Waals surface area contributed by atoms with Crippen LogP contribution in [0.2, 0.25) is 0 Å². The fourth-order valence-corrected chi connectivity index (χ4v) is 3.28. The van der Waals surface area contributed by atoms with E-state index in [0.717, 1.165) is 17.5 Å². The Morgan fingerprint density at radius 1 is 0.952 bits per heavy atom. The number of rotatable bonds is 1. The van der Waals surface area contributed by atoms with Crippen molar-refractivity contribution in [1.29, 1.82) is 0 Å². The van der Waals surface area contributed by atoms with Crippen LogP contribution in [0.1, 0.15) is 37.5 Å². The first-order chi connectivity index (χ1) is 9.84. The van der Waals surface area contributed by atoms with Crippen LogP contribution in [0, 0.1) is 18.3 Å². The monoisotopic (exact) mass is 280 g/mol. The Kier molecular flexibility index (Phi) is 3.32. The third-order valence-electron chi connectivity index (χ3n) is 4.83. The molecule has 0 fully saturated rings. The van der Waals surface area contributed by atoms with Crippen molar-refractivity contribution < 1.29 is 5.11 Å². The van der Waals surface area contributed by atoms with Crippen molar-refractivity contribution >= 4 is 0 Å². The van der Waals surface area contributed by atoms with Crippen LogP contribution < -0.4 is 0 Å². The van der Waals surface area contributed by atoms with Gasteiger partial charge in [0, 0.05) is 5.56 Å². The average molecular weight is 280 g/mol. The smallest absolute Gasteiger partial charge is 0.123 e. The quantitative estimate of drug-likeness (QED) is 0.768. The van der Waals surface area contributed by atoms with Crippen molar-refractivity contribution in [3.8, 4) is 16.9 Å². The Labute approximate surface area is 127 Å². The van der Waals surface area contributed by atoms with Crippen molar-refractivity contribution in [2.45, 2.75) is 40.5 Å². The molecule has 21 heavy (non-hydrogen) atoms. The lowest BCUT2D eigenvalue weighted by Gasteiger charge is -2.26. The molecule has 1 N–H and O–H groups in total. The third-order valence-corrected chi connectivity index (χ3v) is 4.83. The topological polar surface area (TPSA) is 20.2 Å². The van der Waals surface area contributed by atoms with Crippen LogP contribution in [0.3, 0.4) is 0 Å². The summed E-state index contributed by atoms with van der Waals surface area (Å²) in [6, 6.07) is 12.5. The van der Waals surface area contributed by atoms with E-state index in [1.54, 1.807) is 6.07 Å². The Morgan fingerprint density at radius 2 is 1.67 bits per heavy atom. The summed E-state index contributed by atoms with van der Waals surface area (Å²) in [5.41, 5.74) is 6.53. The van der Waals surface area contributed by atoms with Gasteiger partial charge < -0.3 is 5.11 Å². The van der Waals surface area contributed by atoms with Gasteiger partial charge in [0.25, 0.3) is 0 Å². The minimum atomic E-state index is 0.352. The minimum Gasteiger partial charge on any atom is -0.507 e. The molecule has 0 radical (unpaired) electrons. The Morgan fingerprint density at radius 3 is 2.38 bits per heavy atom. The first-order valence-electron chi connectivity index (χ1n) is 7.76. The maximum Gasteiger partial charge on any atom is 0.123 e. The molecule has 3 rings (SSSR count). The zero-order valence-electron chi connectivity index (χ0n) is 13.4. The molecule has 0 amide bonds. The van der Waals surface area contributed by atoms with Crippen LogP contribution in [0.5, 0.6) is 5.75 Å². The average Bonchev–Trinajstić information content (AvgIpc) is 2.84. The van der Waals surface area contributed by atoms with Crippen molar-refractivity contribution in [3.05, 3.63) is 53.1 Å². The summed E-state index contributed by atoms with van der Waals surface area (Å²) in [6.07, 6.45) is 2.33. The summed E-state index contributed by atoms with van der Waals surface area (Å²) in [5.74, 6) is 1.08. The van der Waals surface area contributed by atoms with Crippen molar-refractivity contribution in [1.82, 2.24) is 0 Å². The van der Waals surface area contributed by atoms with Gasteiger partial charge in [-0.2, -0.15) is 0 Å². The number of fused-ring (bicyclic) bond motifs is 1. The summed E-state index contributed by atoms with van der Waals surface area (Å²) < 4.78 is 0. The molecule has 1 nitrogen and oxygen atoms in total. The van der Waals surface area contributed by atoms with E-state index in [-0.39, 0.29) is 0 Å². The van der Waals surface area contributed by atoms with Gasteiger partial charge in [0.2, 0.25) is 0 Å². The standard InChI is InChI=1S/C20H24O/c1-13-5-8-19(21)18(9-13)15-7-6-14-11-17(20(2,3)4)12-16(14)10-15/h5-10,17,21H,11-12H2,1-4H3. The van der Waals surface area contributed by atoms with E-state index in [0.29, 0.717) is 17.1 Å². The molecular formula is C20H24O. The molecule has 0 saturated carbocycles. The Hall–Kier alpha value is -1.76. The van der Waals surface area contributed by atoms with Gasteiger partial charge in [0.1, 0.15) is 5.75 Å². The number of phenolic OH excluding ortho intramolecular Hbond substituents is 1. The number of benzene rings is 2. The molecule has 1 unspecified atom stereocenters. The molecule has 0 aromatic heterocycles. The van der Waals surface area contributed by atoms with Crippen LogP contribution in [-0.2, 0) is 12.8 Å². The Balaban J connectivity index is 1.98. The molecule has 0 bridgehead atoms. The van der Waals surface area contributed by atoms with Crippen LogP contribution in [0.15, 0.2) is 36.4 Å². The second-order valence-corrected chi connectivity index (χ2v) is 7.48. The highest BCUT2D eigenvalue weighted by Crippen LogP contribution is 2.40. The van der Waals surface area contributed by atoms with E-state index in [4.69, 9.17) is 0 Å². The summed E-state index contributed by atoms with van der Waals surface area (Å²) >= 11 is 0. The lowest BCUT2D eigenvalue weighted by atomic mass is 9.79. The van der Waals surface area contributed by atoms with E-state index in [9.17, 15) is 5.11 Å². The number of hydrogen-bond donors (Lipinski definition) is 1. The maximum atomic E-state index is 10.1. The van der Waals surface area contributed by atoms with Gasteiger partial charge in [-0.05, 0) is 59.9 Å². The van der Waals surface area contributed by atoms with E-state index >= 15 is 0 Å². The number of phenols is 1. The molecule has 110 valence electrons. The Bertz CT molecular complexity index is 677. The van der Waals surface area contributed by atoms with Crippen molar-refractivity contribution in [3.63, 3.8) is 0 Å². The number of aromatic hydroxyl groups is 1. The second kappa shape index (κ2) is 4.91. The SMILES string of the molecule is Cc1ccc(O)c(-c2ccc3c(c2)CC(C(C)(C)C)C3)c1. The highest BCUT2D eigenvalue weighted by molar-refractivity contribution is 5.72. The molecule has 0 aliphatic heterocycles. The molecule has 1 aliphatic carbocycles. The predicted octanol–water partition coefficient (Wildman–Crippen LogP) is 5.13. The fraction of sp³-hybridized carbons (Fsp3) is 0.400. The van der Waals surface area contributed by atoms with Crippen molar-refractivity contribution in [2.75, 3.05) is 0 Å². The number of aryl methyl sites for hydroxylation is 1. The molecule has 1 heteroatoms. The molecule has 2 aromatic carbocycles. The summed E-state index contributed by atoms with van der Waals surface area (Å²) in [6.45, 7) is 9.05. The van der Waals surface area contributed by atoms with Crippen molar-refractivity contribution in [2.24, 2.45) is 11.3 Å². The van der Waals surface area contributed by atoms with E-state index in [1.807, 2.05) is 6.07 Å². The number of hydrogen-bond acceptors (Lipinski definition) is 1. The largest absolute Gasteiger partial charge is 0.507 e. The van der Waals surface area contributed by atoms with Gasteiger partial charge in [-0.25, -0.2) is 0 Å². The van der Waals surface area contributed by atoms with Crippen LogP contribution in [0.25, 0.3) is 11.1 Å². The van der Waals surface area contributed by atoms with Crippen LogP contribution in [0.4, 0.5) is 0 Å². The fourth-order valence-electron chi connectivity index (χ4n) is 3.28. The minimum absolute atomic E-state index is 0.352. The zero-order chi connectivity index (χ0) is 15.2. The van der Waals surface area contributed by atoms with Gasteiger partial charge in [-0.15, -0.1) is 0 Å². The van der Waals surface area contributed by atoms with E-state index < -0.39 is 0 Å². The first kappa shape index (κ1) is 14.2. The van der Waals surface area contributed by atoms with Gasteiger partial charge in [0.05, 0.1) is 0 Å². The second-order valence-electron chi connectivity index (χ2n) is 7.48. The highest BCUT2D eigenvalue weighted by atomic mass is 16.3. The molecule has 0 heterocycles. The van der Waals surface area contributed by atoms with Gasteiger partial charge in [-0.1, -0.05) is 50.6 Å². The lowest BCUT2D eigenvalue weighted by molar-refractivity contribution is 0.251. The molecular weight excluding hydrogens is 256 g/mol. The molecule has 1 atom stereocenters. The summed E-state index contributed by atoms with van der Waals surface area (Å²) in [7, 11) is 0. The lowest BCUT2D eigenvalue weighted by Crippen LogP contribution is -2.20. The molecule has 0 spiro atoms. The molecule has 1 aliphatic rings. The first-order valence-corrected chi connectivity index (χ1v) is 7.76. The summed E-state index contributed by atoms with van der Waals surface area (Å²) in [5, 5.41) is 10.1. The molecule has 2 aromatic rings. The predicted molar refractivity (Wildman–Crippen MR) is 88.6 cm³/mol. The van der Waals surface area contributed by atoms with Crippen LogP contribution >= 0.6 is 0 Å². The molecule has 0 saturated heterocycles. The van der Waals surface area contributed by atoms with Gasteiger partial charge in [-0.3, -0.25) is 0 Å². The van der Waals surface area contributed by atoms with Gasteiger partial charge >= 0.3 is 0 Å². The maximum absolute atomic E-state index is 10.1. The van der Waals surface area contributed by atoms with E-state index in [1.165, 1.54) is 23.1 Å². The van der Waals surface area contributed by atoms with Gasteiger partial charge in [0.15, 0.2) is 0 Å². The van der Waals surface area contributed by atoms with E-state index in [2.05, 4.69) is 52.0 Å². The third kappa shape index (κ3) is 2.70. The normalized spacial score (nSPS) is 17.8. The van der Waals surface area contributed by atoms with Crippen LogP contribution in [-0.4, -0.2) is 5.11 Å². The summed E-state index contributed by atoms with van der Waals surface area (Å²) in [4.78, 5) is 0. The highest BCUT2D eigenvalue weighted by Gasteiger charge is 2.31.